The lowest BCUT2D eigenvalue weighted by molar-refractivity contribution is -0.123. The fraction of sp³-hybridized carbons (Fsp3) is 0.133. The molecule has 0 aliphatic carbocycles. The number of nitrogens with zero attached hydrogens (tertiary/aromatic N) is 2. The van der Waals surface area contributed by atoms with Crippen LogP contribution in [0.4, 0.5) is 11.5 Å². The topological polar surface area (TPSA) is 91.8 Å². The molecule has 1 aliphatic rings. The van der Waals surface area contributed by atoms with Crippen molar-refractivity contribution >= 4 is 34.9 Å². The summed E-state index contributed by atoms with van der Waals surface area (Å²) in [4.78, 5) is 29.3. The largest absolute Gasteiger partial charge is 0.504 e. The fourth-order valence-corrected chi connectivity index (χ4v) is 2.32. The van der Waals surface area contributed by atoms with Gasteiger partial charge in [-0.1, -0.05) is 11.6 Å². The van der Waals surface area contributed by atoms with E-state index >= 15 is 0 Å². The van der Waals surface area contributed by atoms with Gasteiger partial charge >= 0.3 is 0 Å². The summed E-state index contributed by atoms with van der Waals surface area (Å²) in [6, 6.07) is 7.77. The lowest BCUT2D eigenvalue weighted by Crippen LogP contribution is -2.43. The van der Waals surface area contributed by atoms with Crippen LogP contribution in [0.1, 0.15) is 0 Å². The highest BCUT2D eigenvalue weighted by Gasteiger charge is 2.27. The van der Waals surface area contributed by atoms with E-state index in [1.165, 1.54) is 23.2 Å². The van der Waals surface area contributed by atoms with Gasteiger partial charge in [-0.15, -0.1) is 0 Å². The van der Waals surface area contributed by atoms with Crippen LogP contribution >= 0.6 is 11.6 Å². The Kier molecular flexibility index (Phi) is 4.03. The van der Waals surface area contributed by atoms with Crippen LogP contribution in [0.5, 0.6) is 11.5 Å². The van der Waals surface area contributed by atoms with Gasteiger partial charge in [-0.3, -0.25) is 14.5 Å². The highest BCUT2D eigenvalue weighted by molar-refractivity contribution is 6.31. The molecule has 7 nitrogen and oxygen atoms in total. The van der Waals surface area contributed by atoms with Crippen LogP contribution in [0.15, 0.2) is 36.5 Å². The van der Waals surface area contributed by atoms with E-state index in [4.69, 9.17) is 16.3 Å². The number of ether oxygens (including phenoxy) is 1. The average Bonchev–Trinajstić information content (AvgIpc) is 2.52. The van der Waals surface area contributed by atoms with Crippen molar-refractivity contribution in [1.82, 2.24) is 4.98 Å². The summed E-state index contributed by atoms with van der Waals surface area (Å²) in [6.07, 6.45) is 1.43. The van der Waals surface area contributed by atoms with Gasteiger partial charge in [0.2, 0.25) is 5.91 Å². The first-order valence-corrected chi connectivity index (χ1v) is 7.09. The van der Waals surface area contributed by atoms with Gasteiger partial charge in [0.1, 0.15) is 12.3 Å². The summed E-state index contributed by atoms with van der Waals surface area (Å²) < 4.78 is 5.31. The molecule has 1 aromatic heterocycles. The van der Waals surface area contributed by atoms with Crippen LogP contribution in [0, 0.1) is 0 Å². The van der Waals surface area contributed by atoms with Crippen LogP contribution in [0.25, 0.3) is 0 Å². The quantitative estimate of drug-likeness (QED) is 0.893. The van der Waals surface area contributed by atoms with Gasteiger partial charge in [-0.25, -0.2) is 4.98 Å². The van der Waals surface area contributed by atoms with Gasteiger partial charge in [0.15, 0.2) is 18.2 Å². The van der Waals surface area contributed by atoms with E-state index < -0.39 is 5.91 Å². The van der Waals surface area contributed by atoms with E-state index in [-0.39, 0.29) is 30.6 Å². The molecule has 0 radical (unpaired) electrons. The highest BCUT2D eigenvalue weighted by atomic mass is 35.5. The van der Waals surface area contributed by atoms with Crippen molar-refractivity contribution in [3.63, 3.8) is 0 Å². The number of carbonyl (C=O) groups excluding carboxylic acids is 2. The molecule has 118 valence electrons. The smallest absolute Gasteiger partial charge is 0.265 e. The Hall–Kier alpha value is -2.80. The lowest BCUT2D eigenvalue weighted by atomic mass is 10.2. The molecule has 0 saturated carbocycles. The summed E-state index contributed by atoms with van der Waals surface area (Å²) >= 11 is 5.94. The van der Waals surface area contributed by atoms with Crippen LogP contribution in [0.2, 0.25) is 5.02 Å². The number of benzene rings is 1. The number of anilines is 2. The number of amides is 2. The van der Waals surface area contributed by atoms with Crippen molar-refractivity contribution in [2.24, 2.45) is 0 Å². The van der Waals surface area contributed by atoms with E-state index in [0.717, 1.165) is 0 Å². The van der Waals surface area contributed by atoms with E-state index in [1.54, 1.807) is 18.2 Å². The second-order valence-corrected chi connectivity index (χ2v) is 5.24. The predicted octanol–water partition coefficient (Wildman–Crippen LogP) is 1.80. The molecule has 0 unspecified atom stereocenters. The van der Waals surface area contributed by atoms with E-state index in [0.29, 0.717) is 16.5 Å². The number of pyridine rings is 1. The number of aromatic hydroxyl groups is 1. The summed E-state index contributed by atoms with van der Waals surface area (Å²) in [5, 5.41) is 12.5. The van der Waals surface area contributed by atoms with Crippen molar-refractivity contribution in [2.45, 2.75) is 0 Å². The summed E-state index contributed by atoms with van der Waals surface area (Å²) in [5.74, 6) is -0.509. The van der Waals surface area contributed by atoms with Gasteiger partial charge in [0.05, 0.1) is 5.69 Å². The molecule has 1 aliphatic heterocycles. The Balaban J connectivity index is 1.80. The minimum absolute atomic E-state index is 0.0320. The van der Waals surface area contributed by atoms with Crippen molar-refractivity contribution in [2.75, 3.05) is 23.4 Å². The van der Waals surface area contributed by atoms with Crippen LogP contribution < -0.4 is 15.0 Å². The standard InChI is InChI=1S/C15H12ClN3O4/c16-9-3-4-12-10(6-9)19(14(22)8-23-12)7-13(21)18-15-11(20)2-1-5-17-15/h1-6,20H,7-8H2,(H,17,18,21). The van der Waals surface area contributed by atoms with E-state index in [1.807, 2.05) is 0 Å². The Labute approximate surface area is 136 Å². The molecule has 0 atom stereocenters. The Morgan fingerprint density at radius 3 is 3.04 bits per heavy atom. The second-order valence-electron chi connectivity index (χ2n) is 4.80. The summed E-state index contributed by atoms with van der Waals surface area (Å²) in [7, 11) is 0. The molecular formula is C15H12ClN3O4. The second kappa shape index (κ2) is 6.13. The van der Waals surface area contributed by atoms with Crippen LogP contribution in [-0.4, -0.2) is 35.1 Å². The number of aromatic nitrogens is 1. The normalized spacial score (nSPS) is 13.3. The minimum Gasteiger partial charge on any atom is -0.504 e. The SMILES string of the molecule is O=C(CN1C(=O)COc2ccc(Cl)cc21)Nc1ncccc1O. The molecule has 23 heavy (non-hydrogen) atoms. The average molecular weight is 334 g/mol. The highest BCUT2D eigenvalue weighted by Crippen LogP contribution is 2.34. The lowest BCUT2D eigenvalue weighted by Gasteiger charge is -2.28. The summed E-state index contributed by atoms with van der Waals surface area (Å²) in [6.45, 7) is -0.400. The van der Waals surface area contributed by atoms with Crippen molar-refractivity contribution in [3.05, 3.63) is 41.6 Å². The molecular weight excluding hydrogens is 322 g/mol. The number of carbonyl (C=O) groups is 2. The van der Waals surface area contributed by atoms with Crippen molar-refractivity contribution < 1.29 is 19.4 Å². The molecule has 0 bridgehead atoms. The van der Waals surface area contributed by atoms with Crippen LogP contribution in [-0.2, 0) is 9.59 Å². The zero-order chi connectivity index (χ0) is 16.4. The third-order valence-corrected chi connectivity index (χ3v) is 3.45. The fourth-order valence-electron chi connectivity index (χ4n) is 2.16. The Bertz CT molecular complexity index is 781. The molecule has 1 aromatic carbocycles. The molecule has 2 N–H and O–H groups in total. The number of nitrogens with one attached hydrogen (secondary N) is 1. The molecule has 3 rings (SSSR count). The maximum atomic E-state index is 12.1. The van der Waals surface area contributed by atoms with Crippen molar-refractivity contribution in [1.29, 1.82) is 0 Å². The Morgan fingerprint density at radius 2 is 2.26 bits per heavy atom. The third kappa shape index (κ3) is 3.19. The molecule has 0 spiro atoms. The first-order chi connectivity index (χ1) is 11.0. The monoisotopic (exact) mass is 333 g/mol. The predicted molar refractivity (Wildman–Crippen MR) is 83.8 cm³/mol. The van der Waals surface area contributed by atoms with Gasteiger partial charge in [-0.05, 0) is 30.3 Å². The van der Waals surface area contributed by atoms with Gasteiger partial charge in [0, 0.05) is 11.2 Å². The molecule has 2 heterocycles. The van der Waals surface area contributed by atoms with E-state index in [2.05, 4.69) is 10.3 Å². The Morgan fingerprint density at radius 1 is 1.43 bits per heavy atom. The first-order valence-electron chi connectivity index (χ1n) is 6.71. The molecule has 0 fully saturated rings. The number of halogens is 1. The maximum absolute atomic E-state index is 12.1. The number of fused-ring (bicyclic) bond motifs is 1. The number of rotatable bonds is 3. The number of hydrogen-bond acceptors (Lipinski definition) is 5. The van der Waals surface area contributed by atoms with Crippen LogP contribution in [0.3, 0.4) is 0 Å². The number of hydrogen-bond donors (Lipinski definition) is 2. The zero-order valence-electron chi connectivity index (χ0n) is 11.8. The maximum Gasteiger partial charge on any atom is 0.265 e. The van der Waals surface area contributed by atoms with Gasteiger partial charge < -0.3 is 15.2 Å². The zero-order valence-corrected chi connectivity index (χ0v) is 12.6. The first kappa shape index (κ1) is 15.1. The molecule has 2 amide bonds. The van der Waals surface area contributed by atoms with Crippen molar-refractivity contribution in [3.8, 4) is 11.5 Å². The minimum atomic E-state index is -0.500. The van der Waals surface area contributed by atoms with Gasteiger partial charge in [-0.2, -0.15) is 0 Å². The third-order valence-electron chi connectivity index (χ3n) is 3.21. The van der Waals surface area contributed by atoms with E-state index in [9.17, 15) is 14.7 Å². The van der Waals surface area contributed by atoms with Gasteiger partial charge in [0.25, 0.3) is 5.91 Å². The molecule has 8 heteroatoms. The summed E-state index contributed by atoms with van der Waals surface area (Å²) in [5.41, 5.74) is 0.425. The molecule has 0 saturated heterocycles. The molecule has 2 aromatic rings.